The molecule has 1 amide bonds. The third-order valence-corrected chi connectivity index (χ3v) is 5.10. The molecule has 1 N–H and O–H groups in total. The molecular formula is C20H20ClN5O3. The smallest absolute Gasteiger partial charge is 0.324 e. The Kier molecular flexibility index (Phi) is 5.62. The van der Waals surface area contributed by atoms with Gasteiger partial charge in [-0.25, -0.2) is 4.98 Å². The van der Waals surface area contributed by atoms with Crippen LogP contribution in [0.15, 0.2) is 47.1 Å². The lowest BCUT2D eigenvalue weighted by atomic mass is 9.96. The maximum absolute atomic E-state index is 12.5. The molecule has 1 saturated heterocycles. The molecule has 150 valence electrons. The van der Waals surface area contributed by atoms with E-state index in [2.05, 4.69) is 20.4 Å². The Balaban J connectivity index is 1.34. The number of aromatic nitrogens is 3. The molecule has 0 unspecified atom stereocenters. The molecule has 0 aliphatic carbocycles. The first-order chi connectivity index (χ1) is 14.1. The summed E-state index contributed by atoms with van der Waals surface area (Å²) in [5, 5.41) is 7.44. The van der Waals surface area contributed by atoms with Crippen LogP contribution in [0.2, 0.25) is 5.02 Å². The predicted octanol–water partition coefficient (Wildman–Crippen LogP) is 3.65. The summed E-state index contributed by atoms with van der Waals surface area (Å²) < 4.78 is 10.6. The number of anilines is 2. The highest BCUT2D eigenvalue weighted by Gasteiger charge is 2.27. The molecule has 29 heavy (non-hydrogen) atoms. The van der Waals surface area contributed by atoms with E-state index in [4.69, 9.17) is 20.9 Å². The second kappa shape index (κ2) is 8.48. The van der Waals surface area contributed by atoms with Gasteiger partial charge in [0.1, 0.15) is 11.6 Å². The summed E-state index contributed by atoms with van der Waals surface area (Å²) in [4.78, 5) is 23.1. The average Bonchev–Trinajstić information content (AvgIpc) is 3.26. The molecule has 4 rings (SSSR count). The first-order valence-corrected chi connectivity index (χ1v) is 9.65. The highest BCUT2D eigenvalue weighted by Crippen LogP contribution is 2.26. The second-order valence-corrected chi connectivity index (χ2v) is 7.18. The third-order valence-electron chi connectivity index (χ3n) is 4.88. The zero-order valence-corrected chi connectivity index (χ0v) is 16.6. The molecule has 1 aromatic carbocycles. The molecule has 1 aliphatic heterocycles. The monoisotopic (exact) mass is 413 g/mol. The van der Waals surface area contributed by atoms with Gasteiger partial charge in [-0.15, -0.1) is 0 Å². The summed E-state index contributed by atoms with van der Waals surface area (Å²) in [6, 6.07) is 11.3. The average molecular weight is 414 g/mol. The predicted molar refractivity (Wildman–Crippen MR) is 109 cm³/mol. The standard InChI is InChI=1S/C20H20ClN5O3/c1-28-16-5-2-13(3-6-16)18-24-20(29-25-18)26-10-8-14(9-11-26)19(27)23-17-7-4-15(21)12-22-17/h2-7,12,14H,8-11H2,1H3,(H,22,23,27). The minimum absolute atomic E-state index is 0.0380. The van der Waals surface area contributed by atoms with E-state index >= 15 is 0 Å². The van der Waals surface area contributed by atoms with Crippen LogP contribution < -0.4 is 15.0 Å². The van der Waals surface area contributed by atoms with Crippen LogP contribution in [-0.4, -0.2) is 41.2 Å². The fraction of sp³-hybridized carbons (Fsp3) is 0.300. The minimum Gasteiger partial charge on any atom is -0.497 e. The number of benzene rings is 1. The van der Waals surface area contributed by atoms with Crippen LogP contribution in [0.5, 0.6) is 5.75 Å². The van der Waals surface area contributed by atoms with Crippen molar-refractivity contribution in [1.29, 1.82) is 0 Å². The number of pyridine rings is 1. The Labute approximate surface area is 172 Å². The van der Waals surface area contributed by atoms with Crippen molar-refractivity contribution in [3.05, 3.63) is 47.6 Å². The lowest BCUT2D eigenvalue weighted by Crippen LogP contribution is -2.38. The summed E-state index contributed by atoms with van der Waals surface area (Å²) >= 11 is 5.82. The van der Waals surface area contributed by atoms with E-state index in [1.54, 1.807) is 19.2 Å². The molecule has 2 aromatic heterocycles. The molecule has 1 fully saturated rings. The van der Waals surface area contributed by atoms with Gasteiger partial charge in [0, 0.05) is 30.8 Å². The molecule has 3 aromatic rings. The highest BCUT2D eigenvalue weighted by atomic mass is 35.5. The van der Waals surface area contributed by atoms with Crippen LogP contribution in [0.3, 0.4) is 0 Å². The summed E-state index contributed by atoms with van der Waals surface area (Å²) in [6.07, 6.45) is 2.90. The van der Waals surface area contributed by atoms with Gasteiger partial charge in [0.2, 0.25) is 11.7 Å². The van der Waals surface area contributed by atoms with Crippen molar-refractivity contribution in [2.45, 2.75) is 12.8 Å². The Bertz CT molecular complexity index is 967. The molecule has 0 saturated carbocycles. The number of carbonyl (C=O) groups excluding carboxylic acids is 1. The summed E-state index contributed by atoms with van der Waals surface area (Å²) in [5.74, 6) is 1.67. The molecule has 8 nitrogen and oxygen atoms in total. The summed E-state index contributed by atoms with van der Waals surface area (Å²) in [7, 11) is 1.62. The quantitative estimate of drug-likeness (QED) is 0.682. The van der Waals surface area contributed by atoms with Crippen molar-refractivity contribution in [2.24, 2.45) is 5.92 Å². The van der Waals surface area contributed by atoms with Crippen molar-refractivity contribution in [3.63, 3.8) is 0 Å². The van der Waals surface area contributed by atoms with Crippen LogP contribution in [0.25, 0.3) is 11.4 Å². The second-order valence-electron chi connectivity index (χ2n) is 6.74. The van der Waals surface area contributed by atoms with E-state index in [0.717, 1.165) is 11.3 Å². The number of carbonyl (C=O) groups is 1. The number of amides is 1. The van der Waals surface area contributed by atoms with Gasteiger partial charge in [0.05, 0.1) is 12.1 Å². The molecule has 1 aliphatic rings. The molecule has 0 radical (unpaired) electrons. The van der Waals surface area contributed by atoms with Gasteiger partial charge in [0.15, 0.2) is 0 Å². The number of halogens is 1. The van der Waals surface area contributed by atoms with Crippen molar-refractivity contribution >= 4 is 29.3 Å². The van der Waals surface area contributed by atoms with Crippen LogP contribution >= 0.6 is 11.6 Å². The molecule has 0 bridgehead atoms. The summed E-state index contributed by atoms with van der Waals surface area (Å²) in [5.41, 5.74) is 0.852. The number of ether oxygens (including phenoxy) is 1. The Hall–Kier alpha value is -3.13. The molecule has 9 heteroatoms. The van der Waals surface area contributed by atoms with Crippen LogP contribution in [-0.2, 0) is 4.79 Å². The Morgan fingerprint density at radius 3 is 2.62 bits per heavy atom. The van der Waals surface area contributed by atoms with Crippen molar-refractivity contribution < 1.29 is 14.1 Å². The number of methoxy groups -OCH3 is 1. The van der Waals surface area contributed by atoms with Gasteiger partial charge >= 0.3 is 6.01 Å². The van der Waals surface area contributed by atoms with Gasteiger partial charge in [0.25, 0.3) is 0 Å². The van der Waals surface area contributed by atoms with Crippen molar-refractivity contribution in [1.82, 2.24) is 15.1 Å². The van der Waals surface area contributed by atoms with Crippen molar-refractivity contribution in [2.75, 3.05) is 30.4 Å². The minimum atomic E-state index is -0.0901. The van der Waals surface area contributed by atoms with Crippen molar-refractivity contribution in [3.8, 4) is 17.1 Å². The van der Waals surface area contributed by atoms with Crippen LogP contribution in [0, 0.1) is 5.92 Å². The Morgan fingerprint density at radius 1 is 1.21 bits per heavy atom. The number of hydrogen-bond donors (Lipinski definition) is 1. The lowest BCUT2D eigenvalue weighted by molar-refractivity contribution is -0.120. The molecule has 3 heterocycles. The number of hydrogen-bond acceptors (Lipinski definition) is 7. The number of piperidine rings is 1. The zero-order chi connectivity index (χ0) is 20.2. The molecule has 0 spiro atoms. The van der Waals surface area contributed by atoms with E-state index in [9.17, 15) is 4.79 Å². The van der Waals surface area contributed by atoms with E-state index in [0.29, 0.717) is 48.6 Å². The number of nitrogens with zero attached hydrogens (tertiary/aromatic N) is 4. The molecular weight excluding hydrogens is 394 g/mol. The Morgan fingerprint density at radius 2 is 1.97 bits per heavy atom. The fourth-order valence-electron chi connectivity index (χ4n) is 3.21. The third kappa shape index (κ3) is 4.48. The summed E-state index contributed by atoms with van der Waals surface area (Å²) in [6.45, 7) is 1.33. The first kappa shape index (κ1) is 19.2. The van der Waals surface area contributed by atoms with Crippen LogP contribution in [0.1, 0.15) is 12.8 Å². The lowest BCUT2D eigenvalue weighted by Gasteiger charge is -2.29. The van der Waals surface area contributed by atoms with Gasteiger partial charge in [-0.1, -0.05) is 16.8 Å². The van der Waals surface area contributed by atoms with Gasteiger partial charge in [-0.3, -0.25) is 4.79 Å². The number of rotatable bonds is 5. The van der Waals surface area contributed by atoms with Gasteiger partial charge in [-0.2, -0.15) is 4.98 Å². The molecule has 0 atom stereocenters. The topological polar surface area (TPSA) is 93.4 Å². The largest absolute Gasteiger partial charge is 0.497 e. The first-order valence-electron chi connectivity index (χ1n) is 9.28. The SMILES string of the molecule is COc1ccc(-c2noc(N3CCC(C(=O)Nc4ccc(Cl)cn4)CC3)n2)cc1. The maximum atomic E-state index is 12.5. The van der Waals surface area contributed by atoms with Gasteiger partial charge < -0.3 is 19.5 Å². The zero-order valence-electron chi connectivity index (χ0n) is 15.8. The van der Waals surface area contributed by atoms with Crippen LogP contribution in [0.4, 0.5) is 11.8 Å². The van der Waals surface area contributed by atoms with E-state index < -0.39 is 0 Å². The van der Waals surface area contributed by atoms with Gasteiger partial charge in [-0.05, 0) is 49.2 Å². The fourth-order valence-corrected chi connectivity index (χ4v) is 3.32. The van der Waals surface area contributed by atoms with E-state index in [1.807, 2.05) is 29.2 Å². The number of nitrogens with one attached hydrogen (secondary N) is 1. The van der Waals surface area contributed by atoms with E-state index in [-0.39, 0.29) is 11.8 Å². The highest BCUT2D eigenvalue weighted by molar-refractivity contribution is 6.30. The maximum Gasteiger partial charge on any atom is 0.324 e. The van der Waals surface area contributed by atoms with E-state index in [1.165, 1.54) is 6.20 Å². The normalized spacial score (nSPS) is 14.6.